The van der Waals surface area contributed by atoms with Crippen molar-refractivity contribution >= 4 is 21.6 Å². The molecule has 15 heavy (non-hydrogen) atoms. The molecule has 0 unspecified atom stereocenters. The van der Waals surface area contributed by atoms with E-state index in [0.717, 1.165) is 23.0 Å². The van der Waals surface area contributed by atoms with Gasteiger partial charge < -0.3 is 8.83 Å². The van der Waals surface area contributed by atoms with E-state index in [1.54, 1.807) is 34.1 Å². The van der Waals surface area contributed by atoms with Gasteiger partial charge in [-0.05, 0) is 24.3 Å². The Morgan fingerprint density at radius 1 is 0.867 bits per heavy atom. The third kappa shape index (κ3) is 4.57. The first kappa shape index (κ1) is 13.1. The van der Waals surface area contributed by atoms with Crippen LogP contribution in [-0.4, -0.2) is 0 Å². The van der Waals surface area contributed by atoms with Crippen LogP contribution in [0.4, 0.5) is 0 Å². The number of rotatable bonds is 5. The van der Waals surface area contributed by atoms with Crippen LogP contribution in [0.1, 0.15) is 11.5 Å². The van der Waals surface area contributed by atoms with Gasteiger partial charge in [0.15, 0.2) is 0 Å². The summed E-state index contributed by atoms with van der Waals surface area (Å²) in [7, 11) is 3.54. The molecule has 2 heterocycles. The standard InChI is InChI=1S/C10H10O2S2.Au/c1-3-9(11-5-1)7-13-14-8-10-4-2-6-12-10;/h1-6H,7-8H2;. The minimum atomic E-state index is 0. The normalized spacial score (nSPS) is 9.87. The summed E-state index contributed by atoms with van der Waals surface area (Å²) in [5, 5.41) is 0. The second-order valence-corrected chi connectivity index (χ2v) is 5.15. The quantitative estimate of drug-likeness (QED) is 0.414. The van der Waals surface area contributed by atoms with E-state index < -0.39 is 0 Å². The van der Waals surface area contributed by atoms with Crippen molar-refractivity contribution in [1.82, 2.24) is 0 Å². The molecular formula is C10H10AuO2S2. The third-order valence-electron chi connectivity index (χ3n) is 1.65. The van der Waals surface area contributed by atoms with Gasteiger partial charge in [0.25, 0.3) is 0 Å². The minimum Gasteiger partial charge on any atom is -0.468 e. The summed E-state index contributed by atoms with van der Waals surface area (Å²) >= 11 is 0. The van der Waals surface area contributed by atoms with Crippen molar-refractivity contribution in [2.45, 2.75) is 11.5 Å². The smallest absolute Gasteiger partial charge is 0.114 e. The van der Waals surface area contributed by atoms with Gasteiger partial charge in [-0.2, -0.15) is 0 Å². The van der Waals surface area contributed by atoms with Crippen LogP contribution in [0.15, 0.2) is 45.6 Å². The van der Waals surface area contributed by atoms with E-state index in [4.69, 9.17) is 8.83 Å². The molecule has 1 radical (unpaired) electrons. The van der Waals surface area contributed by atoms with Crippen LogP contribution in [0, 0.1) is 0 Å². The van der Waals surface area contributed by atoms with Gasteiger partial charge in [-0.1, -0.05) is 21.6 Å². The topological polar surface area (TPSA) is 26.3 Å². The van der Waals surface area contributed by atoms with Gasteiger partial charge in [0.1, 0.15) is 11.5 Å². The van der Waals surface area contributed by atoms with Gasteiger partial charge in [-0.15, -0.1) is 0 Å². The van der Waals surface area contributed by atoms with Gasteiger partial charge in [0, 0.05) is 22.4 Å². The van der Waals surface area contributed by atoms with Crippen molar-refractivity contribution in [3.05, 3.63) is 48.3 Å². The largest absolute Gasteiger partial charge is 0.468 e. The first-order valence-corrected chi connectivity index (χ1v) is 6.73. The van der Waals surface area contributed by atoms with E-state index in [2.05, 4.69) is 0 Å². The summed E-state index contributed by atoms with van der Waals surface area (Å²) in [5.41, 5.74) is 0. The molecule has 0 fully saturated rings. The summed E-state index contributed by atoms with van der Waals surface area (Å²) in [5.74, 6) is 3.83. The molecule has 0 aromatic carbocycles. The molecule has 0 saturated heterocycles. The van der Waals surface area contributed by atoms with Crippen molar-refractivity contribution in [2.75, 3.05) is 0 Å². The Labute approximate surface area is 112 Å². The number of hydrogen-bond donors (Lipinski definition) is 0. The van der Waals surface area contributed by atoms with Crippen LogP contribution >= 0.6 is 21.6 Å². The molecule has 2 aromatic heterocycles. The SMILES string of the molecule is [Au].c1coc(CSSCc2ccco2)c1. The second-order valence-electron chi connectivity index (χ2n) is 2.68. The Bertz CT molecular complexity index is 309. The third-order valence-corrected chi connectivity index (χ3v) is 3.82. The molecule has 0 amide bonds. The van der Waals surface area contributed by atoms with E-state index in [0.29, 0.717) is 0 Å². The molecule has 0 aliphatic rings. The molecule has 0 N–H and O–H groups in total. The molecule has 0 aliphatic heterocycles. The molecule has 5 heteroatoms. The Morgan fingerprint density at radius 2 is 1.33 bits per heavy atom. The summed E-state index contributed by atoms with van der Waals surface area (Å²) in [6, 6.07) is 7.79. The average Bonchev–Trinajstić information content (AvgIpc) is 2.86. The van der Waals surface area contributed by atoms with Crippen LogP contribution in [0.3, 0.4) is 0 Å². The van der Waals surface area contributed by atoms with Crippen LogP contribution in [0.25, 0.3) is 0 Å². The molecule has 0 bridgehead atoms. The maximum absolute atomic E-state index is 5.21. The molecule has 2 aromatic rings. The van der Waals surface area contributed by atoms with Gasteiger partial charge in [0.2, 0.25) is 0 Å². The fourth-order valence-electron chi connectivity index (χ4n) is 0.989. The van der Waals surface area contributed by atoms with Crippen LogP contribution in [0.5, 0.6) is 0 Å². The van der Waals surface area contributed by atoms with Crippen molar-refractivity contribution in [3.8, 4) is 0 Å². The summed E-state index contributed by atoms with van der Waals surface area (Å²) < 4.78 is 10.4. The van der Waals surface area contributed by atoms with Crippen LogP contribution in [-0.2, 0) is 33.9 Å². The summed E-state index contributed by atoms with van der Waals surface area (Å²) in [4.78, 5) is 0. The Hall–Kier alpha value is 0.000260. The Morgan fingerprint density at radius 3 is 1.67 bits per heavy atom. The fraction of sp³-hybridized carbons (Fsp3) is 0.200. The summed E-state index contributed by atoms with van der Waals surface area (Å²) in [6.07, 6.45) is 3.40. The molecule has 0 aliphatic carbocycles. The Balaban J connectivity index is 0.00000112. The first-order chi connectivity index (χ1) is 6.95. The molecular weight excluding hydrogens is 413 g/mol. The van der Waals surface area contributed by atoms with Crippen molar-refractivity contribution in [2.24, 2.45) is 0 Å². The summed E-state index contributed by atoms with van der Waals surface area (Å²) in [6.45, 7) is 0. The average molecular weight is 423 g/mol. The monoisotopic (exact) mass is 423 g/mol. The van der Waals surface area contributed by atoms with E-state index in [-0.39, 0.29) is 22.4 Å². The minimum absolute atomic E-state index is 0. The maximum atomic E-state index is 5.21. The second kappa shape index (κ2) is 7.30. The molecule has 0 saturated carbocycles. The van der Waals surface area contributed by atoms with Gasteiger partial charge in [0.05, 0.1) is 24.0 Å². The van der Waals surface area contributed by atoms with E-state index >= 15 is 0 Å². The molecule has 0 atom stereocenters. The zero-order chi connectivity index (χ0) is 9.64. The van der Waals surface area contributed by atoms with Crippen molar-refractivity contribution < 1.29 is 31.2 Å². The first-order valence-electron chi connectivity index (χ1n) is 4.24. The molecule has 0 spiro atoms. The molecule has 2 rings (SSSR count). The van der Waals surface area contributed by atoms with E-state index in [9.17, 15) is 0 Å². The fourth-order valence-corrected chi connectivity index (χ4v) is 2.91. The van der Waals surface area contributed by atoms with E-state index in [1.165, 1.54) is 0 Å². The van der Waals surface area contributed by atoms with Crippen molar-refractivity contribution in [1.29, 1.82) is 0 Å². The zero-order valence-electron chi connectivity index (χ0n) is 7.81. The van der Waals surface area contributed by atoms with Gasteiger partial charge in [-0.3, -0.25) is 0 Å². The van der Waals surface area contributed by atoms with Crippen LogP contribution < -0.4 is 0 Å². The predicted molar refractivity (Wildman–Crippen MR) is 60.0 cm³/mol. The van der Waals surface area contributed by atoms with Gasteiger partial charge in [-0.25, -0.2) is 0 Å². The zero-order valence-corrected chi connectivity index (χ0v) is 11.6. The number of hydrogen-bond acceptors (Lipinski definition) is 4. The molecule has 2 nitrogen and oxygen atoms in total. The predicted octanol–water partition coefficient (Wildman–Crippen LogP) is 3.95. The molecule has 85 valence electrons. The van der Waals surface area contributed by atoms with Gasteiger partial charge >= 0.3 is 0 Å². The number of furan rings is 2. The van der Waals surface area contributed by atoms with Crippen LogP contribution in [0.2, 0.25) is 0 Å². The van der Waals surface area contributed by atoms with E-state index in [1.807, 2.05) is 24.3 Å². The Kier molecular flexibility index (Phi) is 6.36. The maximum Gasteiger partial charge on any atom is 0.114 e. The van der Waals surface area contributed by atoms with Crippen molar-refractivity contribution in [3.63, 3.8) is 0 Å².